The van der Waals surface area contributed by atoms with Crippen LogP contribution in [-0.4, -0.2) is 4.57 Å². The van der Waals surface area contributed by atoms with Crippen molar-refractivity contribution in [3.05, 3.63) is 168 Å². The molecular weight excluding hydrogens is 556 g/mol. The van der Waals surface area contributed by atoms with E-state index in [1.807, 2.05) is 0 Å². The average molecular weight is 591 g/mol. The highest BCUT2D eigenvalue weighted by atomic mass is 15.1. The first-order valence-electron chi connectivity index (χ1n) is 16.1. The predicted molar refractivity (Wildman–Crippen MR) is 195 cm³/mol. The first kappa shape index (κ1) is 26.8. The highest BCUT2D eigenvalue weighted by Gasteiger charge is 2.38. The summed E-state index contributed by atoms with van der Waals surface area (Å²) < 4.78 is 2.48. The minimum absolute atomic E-state index is 0.201. The summed E-state index contributed by atoms with van der Waals surface area (Å²) in [6.07, 6.45) is 0. The number of anilines is 3. The van der Waals surface area contributed by atoms with E-state index < -0.39 is 0 Å². The van der Waals surface area contributed by atoms with Crippen molar-refractivity contribution >= 4 is 49.6 Å². The Morgan fingerprint density at radius 1 is 0.478 bits per heavy atom. The van der Waals surface area contributed by atoms with Crippen LogP contribution in [0.5, 0.6) is 0 Å². The van der Waals surface area contributed by atoms with E-state index in [0.29, 0.717) is 0 Å². The molecule has 0 amide bonds. The smallest absolute Gasteiger partial charge is 0.0544 e. The molecule has 2 nitrogen and oxygen atoms in total. The van der Waals surface area contributed by atoms with Crippen molar-refractivity contribution in [2.24, 2.45) is 0 Å². The number of fused-ring (bicyclic) bond motifs is 8. The molecule has 0 saturated heterocycles. The molecule has 0 fully saturated rings. The molecular formula is C44H34N2. The van der Waals surface area contributed by atoms with E-state index in [0.717, 1.165) is 11.4 Å². The largest absolute Gasteiger partial charge is 0.310 e. The molecule has 0 N–H and O–H groups in total. The van der Waals surface area contributed by atoms with Crippen molar-refractivity contribution < 1.29 is 0 Å². The van der Waals surface area contributed by atoms with Gasteiger partial charge >= 0.3 is 0 Å². The van der Waals surface area contributed by atoms with Crippen molar-refractivity contribution in [1.29, 1.82) is 0 Å². The Labute approximate surface area is 269 Å². The van der Waals surface area contributed by atoms with Gasteiger partial charge in [0, 0.05) is 38.6 Å². The van der Waals surface area contributed by atoms with E-state index in [4.69, 9.17) is 0 Å². The number of hydrogen-bond acceptors (Lipinski definition) is 1. The van der Waals surface area contributed by atoms with Gasteiger partial charge in [-0.15, -0.1) is 0 Å². The average Bonchev–Trinajstić information content (AvgIpc) is 3.54. The number of para-hydroxylation sites is 3. The van der Waals surface area contributed by atoms with Gasteiger partial charge < -0.3 is 9.47 Å². The van der Waals surface area contributed by atoms with Gasteiger partial charge in [0.05, 0.1) is 16.7 Å². The third-order valence-electron chi connectivity index (χ3n) is 10.0. The maximum absolute atomic E-state index is 2.48. The maximum atomic E-state index is 2.48. The van der Waals surface area contributed by atoms with Crippen molar-refractivity contribution in [3.63, 3.8) is 0 Å². The Balaban J connectivity index is 1.29. The second kappa shape index (κ2) is 9.95. The number of hydrogen-bond donors (Lipinski definition) is 0. The molecule has 8 aromatic rings. The van der Waals surface area contributed by atoms with E-state index >= 15 is 0 Å². The zero-order valence-electron chi connectivity index (χ0n) is 26.3. The molecule has 0 bridgehead atoms. The molecule has 2 heteroatoms. The lowest BCUT2D eigenvalue weighted by atomic mass is 9.81. The number of aryl methyl sites for hydroxylation is 1. The third-order valence-corrected chi connectivity index (χ3v) is 10.0. The summed E-state index contributed by atoms with van der Waals surface area (Å²) in [7, 11) is 0. The molecule has 0 aliphatic heterocycles. The van der Waals surface area contributed by atoms with E-state index in [-0.39, 0.29) is 5.41 Å². The van der Waals surface area contributed by atoms with Crippen molar-refractivity contribution in [2.45, 2.75) is 26.2 Å². The molecule has 0 atom stereocenters. The van der Waals surface area contributed by atoms with Crippen LogP contribution >= 0.6 is 0 Å². The number of benzene rings is 7. The fraction of sp³-hybridized carbons (Fsp3) is 0.0909. The number of nitrogens with zero attached hydrogens (tertiary/aromatic N) is 2. The minimum atomic E-state index is -0.201. The Hall–Kier alpha value is -5.60. The standard InChI is InChI=1S/C44H34N2/c1-29-21-23-31(24-22-29)45(30-13-5-4-6-14-30)32-25-26-37-38(27-32)44(2,3)39-28-42(35-17-7-8-18-36(35)43(37)39)46-40-19-11-9-15-33(40)34-16-10-12-20-41(34)46/h4-28H,1-3H3. The van der Waals surface area contributed by atoms with E-state index in [1.54, 1.807) is 0 Å². The van der Waals surface area contributed by atoms with Crippen LogP contribution in [0.3, 0.4) is 0 Å². The van der Waals surface area contributed by atoms with Crippen molar-refractivity contribution in [2.75, 3.05) is 4.90 Å². The fourth-order valence-corrected chi connectivity index (χ4v) is 7.78. The first-order chi connectivity index (χ1) is 22.5. The van der Waals surface area contributed by atoms with Crippen LogP contribution in [0.25, 0.3) is 49.4 Å². The van der Waals surface area contributed by atoms with Crippen molar-refractivity contribution in [3.8, 4) is 16.8 Å². The normalized spacial score (nSPS) is 13.3. The minimum Gasteiger partial charge on any atom is -0.310 e. The van der Waals surface area contributed by atoms with Gasteiger partial charge in [0.15, 0.2) is 0 Å². The van der Waals surface area contributed by atoms with Gasteiger partial charge in [-0.25, -0.2) is 0 Å². The molecule has 0 saturated carbocycles. The van der Waals surface area contributed by atoms with Crippen LogP contribution in [0.15, 0.2) is 152 Å². The van der Waals surface area contributed by atoms with E-state index in [1.165, 1.54) is 71.8 Å². The summed E-state index contributed by atoms with van der Waals surface area (Å²) in [5.74, 6) is 0. The molecule has 9 rings (SSSR count). The predicted octanol–water partition coefficient (Wildman–Crippen LogP) is 12.0. The van der Waals surface area contributed by atoms with Gasteiger partial charge in [-0.3, -0.25) is 0 Å². The molecule has 1 heterocycles. The SMILES string of the molecule is Cc1ccc(N(c2ccccc2)c2ccc3c(c2)C(C)(C)c2cc(-n4c5ccccc5c5ccccc54)c4ccccc4c2-3)cc1. The van der Waals surface area contributed by atoms with Gasteiger partial charge in [-0.2, -0.15) is 0 Å². The topological polar surface area (TPSA) is 8.17 Å². The van der Waals surface area contributed by atoms with Gasteiger partial charge in [0.1, 0.15) is 0 Å². The van der Waals surface area contributed by atoms with Crippen LogP contribution in [0.1, 0.15) is 30.5 Å². The second-order valence-electron chi connectivity index (χ2n) is 13.1. The molecule has 0 unspecified atom stereocenters. The Kier molecular flexibility index (Phi) is 5.79. The Bertz CT molecular complexity index is 2390. The molecule has 1 aromatic heterocycles. The van der Waals surface area contributed by atoms with Crippen LogP contribution in [-0.2, 0) is 5.41 Å². The highest BCUT2D eigenvalue weighted by molar-refractivity contribution is 6.12. The molecule has 1 aliphatic carbocycles. The zero-order chi connectivity index (χ0) is 31.0. The summed E-state index contributed by atoms with van der Waals surface area (Å²) in [6, 6.07) is 55.7. The fourth-order valence-electron chi connectivity index (χ4n) is 7.78. The monoisotopic (exact) mass is 590 g/mol. The van der Waals surface area contributed by atoms with Crippen LogP contribution < -0.4 is 4.90 Å². The molecule has 1 aliphatic rings. The van der Waals surface area contributed by atoms with Gasteiger partial charge in [-0.1, -0.05) is 116 Å². The lowest BCUT2D eigenvalue weighted by Gasteiger charge is -2.28. The first-order valence-corrected chi connectivity index (χ1v) is 16.1. The molecule has 0 spiro atoms. The van der Waals surface area contributed by atoms with Crippen LogP contribution in [0.4, 0.5) is 17.1 Å². The van der Waals surface area contributed by atoms with E-state index in [2.05, 4.69) is 182 Å². The summed E-state index contributed by atoms with van der Waals surface area (Å²) in [6.45, 7) is 6.93. The number of rotatable bonds is 4. The lowest BCUT2D eigenvalue weighted by Crippen LogP contribution is -2.17. The maximum Gasteiger partial charge on any atom is 0.0544 e. The summed E-state index contributed by atoms with van der Waals surface area (Å²) in [5, 5.41) is 5.14. The Morgan fingerprint density at radius 3 is 1.70 bits per heavy atom. The summed E-state index contributed by atoms with van der Waals surface area (Å²) in [5.41, 5.74) is 13.7. The lowest BCUT2D eigenvalue weighted by molar-refractivity contribution is 0.660. The third kappa shape index (κ3) is 3.83. The quantitative estimate of drug-likeness (QED) is 0.198. The van der Waals surface area contributed by atoms with Gasteiger partial charge in [-0.05, 0) is 89.2 Å². The molecule has 0 radical (unpaired) electrons. The highest BCUT2D eigenvalue weighted by Crippen LogP contribution is 2.54. The zero-order valence-corrected chi connectivity index (χ0v) is 26.3. The summed E-state index contributed by atoms with van der Waals surface area (Å²) in [4.78, 5) is 2.38. The van der Waals surface area contributed by atoms with E-state index in [9.17, 15) is 0 Å². The molecule has 46 heavy (non-hydrogen) atoms. The number of aromatic nitrogens is 1. The second-order valence-corrected chi connectivity index (χ2v) is 13.1. The van der Waals surface area contributed by atoms with Crippen molar-refractivity contribution in [1.82, 2.24) is 4.57 Å². The van der Waals surface area contributed by atoms with Crippen LogP contribution in [0.2, 0.25) is 0 Å². The molecule has 220 valence electrons. The Morgan fingerprint density at radius 2 is 1.02 bits per heavy atom. The van der Waals surface area contributed by atoms with Crippen LogP contribution in [0, 0.1) is 6.92 Å². The van der Waals surface area contributed by atoms with Gasteiger partial charge in [0.2, 0.25) is 0 Å². The summed E-state index contributed by atoms with van der Waals surface area (Å²) >= 11 is 0. The molecule has 7 aromatic carbocycles. The van der Waals surface area contributed by atoms with Gasteiger partial charge in [0.25, 0.3) is 0 Å².